The van der Waals surface area contributed by atoms with Gasteiger partial charge in [-0.25, -0.2) is 4.79 Å². The number of aliphatic hydroxyl groups excluding tert-OH is 3. The van der Waals surface area contributed by atoms with Crippen molar-refractivity contribution in [3.05, 3.63) is 65.7 Å². The lowest BCUT2D eigenvalue weighted by Gasteiger charge is -2.63. The van der Waals surface area contributed by atoms with E-state index in [-0.39, 0.29) is 70.2 Å². The standard InChI is InChI=1S/C38H49NO9S/c1-23(29-14-15-30-35-31(21-33(42)38(29,30)3)37(2)18-17-27(40)19-26(37)20-32(35)41)9-16-34(43)47-36(44)25-10-12-28(13-11-25)48-49(45,46)39-22-24-7-5-4-6-8-24/h4-8,10-13,22-23,26-27,29-33,35,40-42H,9,14-21H2,1-3H3/b39-22+. The maximum atomic E-state index is 12.8. The Kier molecular flexibility index (Phi) is 10.1. The Morgan fingerprint density at radius 3 is 2.39 bits per heavy atom. The lowest BCUT2D eigenvalue weighted by molar-refractivity contribution is -0.207. The third kappa shape index (κ3) is 7.09. The Morgan fingerprint density at radius 1 is 0.959 bits per heavy atom. The minimum absolute atomic E-state index is 0.00750. The summed E-state index contributed by atoms with van der Waals surface area (Å²) in [6.45, 7) is 6.59. The summed E-state index contributed by atoms with van der Waals surface area (Å²) in [5, 5.41) is 33.7. The quantitative estimate of drug-likeness (QED) is 0.175. The highest BCUT2D eigenvalue weighted by Gasteiger charge is 2.65. The minimum Gasteiger partial charge on any atom is -0.393 e. The van der Waals surface area contributed by atoms with Crippen LogP contribution in [0, 0.1) is 46.3 Å². The molecule has 0 radical (unpaired) electrons. The van der Waals surface area contributed by atoms with Crippen molar-refractivity contribution >= 4 is 28.5 Å². The Balaban J connectivity index is 1.02. The van der Waals surface area contributed by atoms with E-state index in [0.29, 0.717) is 24.8 Å². The molecule has 4 aliphatic rings. The van der Waals surface area contributed by atoms with Crippen LogP contribution in [0.1, 0.15) is 94.5 Å². The van der Waals surface area contributed by atoms with Crippen LogP contribution in [0.3, 0.4) is 0 Å². The number of fused-ring (bicyclic) bond motifs is 5. The molecule has 11 unspecified atom stereocenters. The monoisotopic (exact) mass is 695 g/mol. The van der Waals surface area contributed by atoms with Crippen molar-refractivity contribution in [2.75, 3.05) is 0 Å². The molecule has 49 heavy (non-hydrogen) atoms. The molecule has 11 heteroatoms. The van der Waals surface area contributed by atoms with Crippen molar-refractivity contribution < 1.29 is 42.2 Å². The van der Waals surface area contributed by atoms with Crippen LogP contribution < -0.4 is 4.18 Å². The third-order valence-electron chi connectivity index (χ3n) is 13.0. The molecule has 4 fully saturated rings. The molecule has 0 aromatic heterocycles. The Morgan fingerprint density at radius 2 is 1.67 bits per heavy atom. The highest BCUT2D eigenvalue weighted by molar-refractivity contribution is 7.85. The maximum absolute atomic E-state index is 12.8. The first kappa shape index (κ1) is 35.7. The molecule has 2 aromatic carbocycles. The largest absolute Gasteiger partial charge is 0.428 e. The predicted octanol–water partition coefficient (Wildman–Crippen LogP) is 5.49. The summed E-state index contributed by atoms with van der Waals surface area (Å²) in [7, 11) is -4.28. The first-order valence-electron chi connectivity index (χ1n) is 17.7. The number of esters is 2. The van der Waals surface area contributed by atoms with Gasteiger partial charge >= 0.3 is 22.2 Å². The molecule has 2 aromatic rings. The van der Waals surface area contributed by atoms with E-state index in [1.165, 1.54) is 30.5 Å². The molecule has 10 nitrogen and oxygen atoms in total. The minimum atomic E-state index is -4.28. The molecule has 0 spiro atoms. The van der Waals surface area contributed by atoms with Gasteiger partial charge in [0.15, 0.2) is 0 Å². The van der Waals surface area contributed by atoms with E-state index in [1.54, 1.807) is 30.3 Å². The number of nitrogens with zero attached hydrogens (tertiary/aromatic N) is 1. The number of hydrogen-bond donors (Lipinski definition) is 3. The molecule has 4 aliphatic carbocycles. The van der Waals surface area contributed by atoms with Crippen molar-refractivity contribution in [3.63, 3.8) is 0 Å². The second-order valence-electron chi connectivity index (χ2n) is 15.5. The second kappa shape index (κ2) is 13.9. The van der Waals surface area contributed by atoms with Crippen LogP contribution in [-0.2, 0) is 19.8 Å². The smallest absolute Gasteiger partial charge is 0.393 e. The van der Waals surface area contributed by atoms with Crippen LogP contribution in [0.25, 0.3) is 0 Å². The molecule has 266 valence electrons. The number of aliphatic hydroxyl groups is 3. The Labute approximate surface area is 289 Å². The highest BCUT2D eigenvalue weighted by atomic mass is 32.2. The van der Waals surface area contributed by atoms with Gasteiger partial charge in [0, 0.05) is 6.42 Å². The highest BCUT2D eigenvalue weighted by Crippen LogP contribution is 2.68. The fourth-order valence-corrected chi connectivity index (χ4v) is 11.0. The topological polar surface area (TPSA) is 160 Å². The van der Waals surface area contributed by atoms with Crippen molar-refractivity contribution in [2.24, 2.45) is 50.7 Å². The van der Waals surface area contributed by atoms with E-state index in [1.807, 2.05) is 0 Å². The number of carbonyl (C=O) groups is 2. The van der Waals surface area contributed by atoms with E-state index < -0.39 is 34.5 Å². The van der Waals surface area contributed by atoms with Gasteiger partial charge in [-0.2, -0.15) is 8.42 Å². The van der Waals surface area contributed by atoms with Crippen molar-refractivity contribution in [3.8, 4) is 5.75 Å². The van der Waals surface area contributed by atoms with Crippen LogP contribution in [0.2, 0.25) is 0 Å². The molecule has 3 N–H and O–H groups in total. The van der Waals surface area contributed by atoms with Crippen LogP contribution >= 0.6 is 0 Å². The number of carbonyl (C=O) groups excluding carboxylic acids is 2. The maximum Gasteiger partial charge on any atom is 0.428 e. The van der Waals surface area contributed by atoms with Gasteiger partial charge in [0.2, 0.25) is 0 Å². The average Bonchev–Trinajstić information content (AvgIpc) is 3.43. The van der Waals surface area contributed by atoms with Gasteiger partial charge in [0.25, 0.3) is 0 Å². The summed E-state index contributed by atoms with van der Waals surface area (Å²) in [5.41, 5.74) is 0.280. The number of benzene rings is 2. The molecule has 6 rings (SSSR count). The van der Waals surface area contributed by atoms with Crippen LogP contribution in [0.5, 0.6) is 5.75 Å². The third-order valence-corrected chi connectivity index (χ3v) is 13.7. The van der Waals surface area contributed by atoms with Crippen molar-refractivity contribution in [1.29, 1.82) is 0 Å². The van der Waals surface area contributed by atoms with Gasteiger partial charge in [-0.1, -0.05) is 51.1 Å². The number of hydrogen-bond acceptors (Lipinski definition) is 9. The first-order chi connectivity index (χ1) is 23.2. The van der Waals surface area contributed by atoms with E-state index in [4.69, 9.17) is 8.92 Å². The van der Waals surface area contributed by atoms with Crippen LogP contribution in [0.4, 0.5) is 0 Å². The van der Waals surface area contributed by atoms with Gasteiger partial charge in [0.1, 0.15) is 5.75 Å². The summed E-state index contributed by atoms with van der Waals surface area (Å²) >= 11 is 0. The number of rotatable bonds is 9. The number of ether oxygens (including phenoxy) is 1. The van der Waals surface area contributed by atoms with E-state index in [9.17, 15) is 33.3 Å². The Hall–Kier alpha value is -3.12. The van der Waals surface area contributed by atoms with Crippen molar-refractivity contribution in [1.82, 2.24) is 0 Å². The van der Waals surface area contributed by atoms with Crippen LogP contribution in [0.15, 0.2) is 59.0 Å². The lowest BCUT2D eigenvalue weighted by atomic mass is 9.43. The molecular weight excluding hydrogens is 646 g/mol. The molecule has 11 atom stereocenters. The van der Waals surface area contributed by atoms with Gasteiger partial charge in [-0.05, 0) is 128 Å². The normalized spacial score (nSPS) is 36.3. The summed E-state index contributed by atoms with van der Waals surface area (Å²) in [6.07, 6.45) is 6.04. The Bertz CT molecular complexity index is 1650. The molecule has 0 amide bonds. The molecule has 4 saturated carbocycles. The van der Waals surface area contributed by atoms with Gasteiger partial charge in [0.05, 0.1) is 30.1 Å². The molecule has 0 heterocycles. The second-order valence-corrected chi connectivity index (χ2v) is 16.7. The summed E-state index contributed by atoms with van der Waals surface area (Å²) in [6, 6.07) is 13.9. The summed E-state index contributed by atoms with van der Waals surface area (Å²) < 4.78 is 38.1. The summed E-state index contributed by atoms with van der Waals surface area (Å²) in [4.78, 5) is 25.5. The SMILES string of the molecule is CC(CCC(=O)OC(=O)c1ccc(OS(=O)(=O)/N=C/c2ccccc2)cc1)C1CCC2C3C(O)CC4CC(O)CCC4(C)C3CC(O)C12C. The van der Waals surface area contributed by atoms with Crippen LogP contribution in [-0.4, -0.2) is 60.2 Å². The van der Waals surface area contributed by atoms with Gasteiger partial charge < -0.3 is 24.2 Å². The fraction of sp³-hybridized carbons (Fsp3) is 0.605. The van der Waals surface area contributed by atoms with Crippen molar-refractivity contribution in [2.45, 2.75) is 96.9 Å². The molecule has 0 aliphatic heterocycles. The predicted molar refractivity (Wildman–Crippen MR) is 183 cm³/mol. The van der Waals surface area contributed by atoms with E-state index in [0.717, 1.165) is 32.1 Å². The van der Waals surface area contributed by atoms with E-state index in [2.05, 4.69) is 25.2 Å². The zero-order chi connectivity index (χ0) is 35.1. The average molecular weight is 696 g/mol. The first-order valence-corrected chi connectivity index (χ1v) is 19.0. The van der Waals surface area contributed by atoms with E-state index >= 15 is 0 Å². The summed E-state index contributed by atoms with van der Waals surface area (Å²) in [5.74, 6) is -0.526. The zero-order valence-electron chi connectivity index (χ0n) is 28.5. The zero-order valence-corrected chi connectivity index (χ0v) is 29.3. The molecule has 0 saturated heterocycles. The lowest BCUT2D eigenvalue weighted by Crippen LogP contribution is -2.62. The molecule has 0 bridgehead atoms. The van der Waals surface area contributed by atoms with Gasteiger partial charge in [-0.15, -0.1) is 4.40 Å². The molecular formula is C38H49NO9S. The fourth-order valence-electron chi connectivity index (χ4n) is 10.3. The van der Waals surface area contributed by atoms with Gasteiger partial charge in [-0.3, -0.25) is 4.79 Å².